The van der Waals surface area contributed by atoms with Crippen molar-refractivity contribution in [2.45, 2.75) is 71.4 Å². The molecule has 46 heavy (non-hydrogen) atoms. The molecule has 0 saturated heterocycles. The summed E-state index contributed by atoms with van der Waals surface area (Å²) in [5.74, 6) is 0. The van der Waals surface area contributed by atoms with E-state index >= 15 is 0 Å². The number of hydrogen-bond donors (Lipinski definition) is 0. The Labute approximate surface area is 274 Å². The van der Waals surface area contributed by atoms with Crippen molar-refractivity contribution < 1.29 is 0 Å². The van der Waals surface area contributed by atoms with Crippen LogP contribution in [-0.4, -0.2) is 7.28 Å². The van der Waals surface area contributed by atoms with E-state index in [1.165, 1.54) is 99.1 Å². The standard InChI is InChI=1S/C45H40B/c1-43(2,3)30-19-28(20-31(22-30)45(6,7)46-8)27-17-26-14-13-25-15-16-33-35-24-39-36(32-11-9-10-12-38(32)44(39,4)5)23-34(35)37-21-29(18-27)40(26)41(25)42(33)37/h9-24H,1-8H3. The minimum Gasteiger partial charge on any atom is -0.0911 e. The fraction of sp³-hybridized carbons (Fsp3) is 0.244. The minimum absolute atomic E-state index is 0.00833. The fourth-order valence-corrected chi connectivity index (χ4v) is 8.50. The van der Waals surface area contributed by atoms with Gasteiger partial charge < -0.3 is 0 Å². The van der Waals surface area contributed by atoms with E-state index < -0.39 is 0 Å². The number of fused-ring (bicyclic) bond motifs is 6. The summed E-state index contributed by atoms with van der Waals surface area (Å²) in [6.45, 7) is 18.6. The molecule has 7 aromatic carbocycles. The second-order valence-electron chi connectivity index (χ2n) is 16.0. The van der Waals surface area contributed by atoms with E-state index in [4.69, 9.17) is 0 Å². The van der Waals surface area contributed by atoms with Crippen LogP contribution >= 0.6 is 0 Å². The van der Waals surface area contributed by atoms with Crippen LogP contribution in [0, 0.1) is 0 Å². The van der Waals surface area contributed by atoms with Gasteiger partial charge in [-0.25, -0.2) is 0 Å². The van der Waals surface area contributed by atoms with Gasteiger partial charge in [0.05, 0.1) is 0 Å². The van der Waals surface area contributed by atoms with Gasteiger partial charge in [0.25, 0.3) is 0 Å². The van der Waals surface area contributed by atoms with E-state index in [-0.39, 0.29) is 16.1 Å². The summed E-state index contributed by atoms with van der Waals surface area (Å²) in [6.07, 6.45) is 0. The summed E-state index contributed by atoms with van der Waals surface area (Å²) in [7, 11) is 2.33. The van der Waals surface area contributed by atoms with Crippen LogP contribution in [-0.2, 0) is 16.1 Å². The van der Waals surface area contributed by atoms with Gasteiger partial charge in [-0.05, 0) is 140 Å². The molecule has 2 aliphatic carbocycles. The monoisotopic (exact) mass is 591 g/mol. The van der Waals surface area contributed by atoms with Gasteiger partial charge >= 0.3 is 0 Å². The van der Waals surface area contributed by atoms with Gasteiger partial charge in [0, 0.05) is 5.41 Å². The van der Waals surface area contributed by atoms with Crippen molar-refractivity contribution in [2.24, 2.45) is 0 Å². The maximum atomic E-state index is 2.52. The molecule has 0 unspecified atom stereocenters. The van der Waals surface area contributed by atoms with Gasteiger partial charge in [-0.15, -0.1) is 0 Å². The molecule has 0 nitrogen and oxygen atoms in total. The first-order valence-electron chi connectivity index (χ1n) is 16.9. The highest BCUT2D eigenvalue weighted by molar-refractivity contribution is 6.38. The largest absolute Gasteiger partial charge is 0.119 e. The number of rotatable bonds is 3. The van der Waals surface area contributed by atoms with E-state index in [1.807, 2.05) is 0 Å². The van der Waals surface area contributed by atoms with Gasteiger partial charge in [0.1, 0.15) is 7.28 Å². The third-order valence-corrected chi connectivity index (χ3v) is 11.6. The van der Waals surface area contributed by atoms with Crippen molar-refractivity contribution >= 4 is 39.6 Å². The summed E-state index contributed by atoms with van der Waals surface area (Å²) in [6, 6.07) is 38.1. The van der Waals surface area contributed by atoms with E-state index in [2.05, 4.69) is 160 Å². The fourth-order valence-electron chi connectivity index (χ4n) is 8.50. The average molecular weight is 592 g/mol. The van der Waals surface area contributed by atoms with Crippen LogP contribution in [0.15, 0.2) is 97.1 Å². The zero-order chi connectivity index (χ0) is 31.9. The van der Waals surface area contributed by atoms with Crippen LogP contribution < -0.4 is 0 Å². The molecule has 0 bridgehead atoms. The Morgan fingerprint density at radius 3 is 1.93 bits per heavy atom. The highest BCUT2D eigenvalue weighted by atomic mass is 14.4. The molecule has 0 fully saturated rings. The molecule has 0 N–H and O–H groups in total. The van der Waals surface area contributed by atoms with Gasteiger partial charge in [-0.1, -0.05) is 122 Å². The highest BCUT2D eigenvalue weighted by Gasteiger charge is 2.37. The Hall–Kier alpha value is -4.36. The Kier molecular flexibility index (Phi) is 5.41. The molecular weight excluding hydrogens is 551 g/mol. The first-order valence-corrected chi connectivity index (χ1v) is 16.9. The molecule has 0 aromatic heterocycles. The summed E-state index contributed by atoms with van der Waals surface area (Å²) in [4.78, 5) is 0. The molecule has 0 atom stereocenters. The van der Waals surface area contributed by atoms with Crippen molar-refractivity contribution in [2.75, 3.05) is 0 Å². The van der Waals surface area contributed by atoms with Crippen LogP contribution in [0.25, 0.3) is 76.8 Å². The first kappa shape index (κ1) is 27.9. The molecule has 1 heteroatoms. The topological polar surface area (TPSA) is 0 Å². The molecule has 0 saturated carbocycles. The smallest absolute Gasteiger partial charge is 0.0911 e. The summed E-state index contributed by atoms with van der Waals surface area (Å²) >= 11 is 0. The molecule has 0 heterocycles. The lowest BCUT2D eigenvalue weighted by atomic mass is 9.53. The maximum absolute atomic E-state index is 2.52. The summed E-state index contributed by atoms with van der Waals surface area (Å²) in [5.41, 5.74) is 16.6. The van der Waals surface area contributed by atoms with Crippen LogP contribution in [0.2, 0.25) is 6.82 Å². The van der Waals surface area contributed by atoms with E-state index in [9.17, 15) is 0 Å². The molecule has 9 rings (SSSR count). The van der Waals surface area contributed by atoms with Crippen molar-refractivity contribution in [3.05, 3.63) is 119 Å². The van der Waals surface area contributed by atoms with Gasteiger partial charge in [-0.3, -0.25) is 0 Å². The summed E-state index contributed by atoms with van der Waals surface area (Å²) in [5, 5.41) is 8.20. The van der Waals surface area contributed by atoms with Crippen molar-refractivity contribution in [3.63, 3.8) is 0 Å². The van der Waals surface area contributed by atoms with Crippen molar-refractivity contribution in [1.29, 1.82) is 0 Å². The van der Waals surface area contributed by atoms with Gasteiger partial charge in [-0.2, -0.15) is 0 Å². The summed E-state index contributed by atoms with van der Waals surface area (Å²) < 4.78 is 0. The first-order chi connectivity index (χ1) is 21.9. The molecule has 0 amide bonds. The Morgan fingerprint density at radius 1 is 0.478 bits per heavy atom. The molecule has 1 radical (unpaired) electrons. The zero-order valence-electron chi connectivity index (χ0n) is 28.3. The van der Waals surface area contributed by atoms with Crippen LogP contribution in [0.3, 0.4) is 0 Å². The molecule has 0 spiro atoms. The van der Waals surface area contributed by atoms with E-state index in [1.54, 1.807) is 0 Å². The normalized spacial score (nSPS) is 14.7. The third-order valence-electron chi connectivity index (χ3n) is 11.6. The maximum Gasteiger partial charge on any atom is 0.119 e. The number of benzene rings is 7. The third kappa shape index (κ3) is 3.63. The molecule has 7 aromatic rings. The highest BCUT2D eigenvalue weighted by Crippen LogP contribution is 2.57. The van der Waals surface area contributed by atoms with Crippen molar-refractivity contribution in [1.82, 2.24) is 0 Å². The lowest BCUT2D eigenvalue weighted by Crippen LogP contribution is -2.24. The zero-order valence-corrected chi connectivity index (χ0v) is 28.3. The quantitative estimate of drug-likeness (QED) is 0.142. The van der Waals surface area contributed by atoms with E-state index in [0.717, 1.165) is 0 Å². The van der Waals surface area contributed by atoms with Crippen LogP contribution in [0.4, 0.5) is 0 Å². The Morgan fingerprint density at radius 2 is 1.15 bits per heavy atom. The number of hydrogen-bond acceptors (Lipinski definition) is 0. The van der Waals surface area contributed by atoms with E-state index in [0.29, 0.717) is 0 Å². The SMILES string of the molecule is C[B]C(C)(C)c1cc(-c2cc3ccc4ccc5c6c(cc(c2)c3c46)-c2cc3c(cc2-5)C(C)(C)c2ccccc2-3)cc(C(C)(C)C)c1. The molecule has 0 aliphatic heterocycles. The van der Waals surface area contributed by atoms with Gasteiger partial charge in [0.2, 0.25) is 0 Å². The lowest BCUT2D eigenvalue weighted by molar-refractivity contribution is 0.587. The van der Waals surface area contributed by atoms with Crippen molar-refractivity contribution in [3.8, 4) is 44.5 Å². The molecule has 2 aliphatic rings. The Bertz CT molecular complexity index is 2430. The molecular formula is C45H40B. The molecule has 223 valence electrons. The van der Waals surface area contributed by atoms with Crippen LogP contribution in [0.1, 0.15) is 70.7 Å². The predicted molar refractivity (Wildman–Crippen MR) is 201 cm³/mol. The predicted octanol–water partition coefficient (Wildman–Crippen LogP) is 12.5. The Balaban J connectivity index is 1.33. The second kappa shape index (κ2) is 8.92. The average Bonchev–Trinajstić information content (AvgIpc) is 3.47. The van der Waals surface area contributed by atoms with Gasteiger partial charge in [0.15, 0.2) is 0 Å². The second-order valence-corrected chi connectivity index (χ2v) is 16.0. The lowest BCUT2D eigenvalue weighted by Gasteiger charge is -2.28. The van der Waals surface area contributed by atoms with Crippen LogP contribution in [0.5, 0.6) is 0 Å². The minimum atomic E-state index is -0.0136.